The lowest BCUT2D eigenvalue weighted by atomic mass is 9.94. The summed E-state index contributed by atoms with van der Waals surface area (Å²) in [6.45, 7) is 3.89. The normalized spacial score (nSPS) is 10.9. The molecule has 0 saturated carbocycles. The van der Waals surface area contributed by atoms with Crippen molar-refractivity contribution in [2.45, 2.75) is 20.3 Å². The minimum atomic E-state index is -1.07. The first-order valence-corrected chi connectivity index (χ1v) is 9.67. The van der Waals surface area contributed by atoms with Gasteiger partial charge in [-0.15, -0.1) is 0 Å². The minimum absolute atomic E-state index is 0.243. The third-order valence-electron chi connectivity index (χ3n) is 4.67. The van der Waals surface area contributed by atoms with E-state index < -0.39 is 12.0 Å². The van der Waals surface area contributed by atoms with Gasteiger partial charge in [0.15, 0.2) is 6.61 Å². The molecule has 0 atom stereocenters. The number of carboxylic acid groups (broad SMARTS) is 1. The molecule has 156 valence electrons. The topological polar surface area (TPSA) is 106 Å². The predicted molar refractivity (Wildman–Crippen MR) is 117 cm³/mol. The van der Waals surface area contributed by atoms with E-state index in [2.05, 4.69) is 13.8 Å². The third kappa shape index (κ3) is 4.51. The summed E-state index contributed by atoms with van der Waals surface area (Å²) in [5.74, 6) is 0.175. The van der Waals surface area contributed by atoms with Gasteiger partial charge in [0, 0.05) is 18.0 Å². The number of primary amides is 1. The summed E-state index contributed by atoms with van der Waals surface area (Å²) >= 11 is 0. The summed E-state index contributed by atoms with van der Waals surface area (Å²) in [7, 11) is 1.52. The van der Waals surface area contributed by atoms with Crippen LogP contribution in [-0.2, 0) is 11.2 Å². The van der Waals surface area contributed by atoms with Gasteiger partial charge in [-0.3, -0.25) is 14.7 Å². The second-order valence-electron chi connectivity index (χ2n) is 7.52. The lowest BCUT2D eigenvalue weighted by molar-refractivity contribution is -0.119. The van der Waals surface area contributed by atoms with Crippen LogP contribution in [-0.4, -0.2) is 35.7 Å². The SMILES string of the molecule is CC(C)Cc1nc2ccc(OCC(N)=O)cc2c(-c2ccccc2)c1N(C)C(=O)O. The van der Waals surface area contributed by atoms with Crippen LogP contribution in [0.1, 0.15) is 19.5 Å². The molecular formula is C23H25N3O4. The largest absolute Gasteiger partial charge is 0.484 e. The summed E-state index contributed by atoms with van der Waals surface area (Å²) in [6, 6.07) is 14.9. The number of pyridine rings is 1. The minimum Gasteiger partial charge on any atom is -0.484 e. The Morgan fingerprint density at radius 1 is 1.17 bits per heavy atom. The average molecular weight is 407 g/mol. The molecule has 0 saturated heterocycles. The maximum Gasteiger partial charge on any atom is 0.411 e. The Bertz CT molecular complexity index is 1080. The van der Waals surface area contributed by atoms with Gasteiger partial charge in [-0.25, -0.2) is 4.79 Å². The monoisotopic (exact) mass is 407 g/mol. The molecule has 1 heterocycles. The van der Waals surface area contributed by atoms with Crippen molar-refractivity contribution >= 4 is 28.6 Å². The van der Waals surface area contributed by atoms with Gasteiger partial charge < -0.3 is 15.6 Å². The number of carbonyl (C=O) groups excluding carboxylic acids is 1. The Hall–Kier alpha value is -3.61. The number of hydrogen-bond donors (Lipinski definition) is 2. The van der Waals surface area contributed by atoms with Crippen LogP contribution in [0.3, 0.4) is 0 Å². The van der Waals surface area contributed by atoms with E-state index >= 15 is 0 Å². The van der Waals surface area contributed by atoms with Crippen molar-refractivity contribution in [1.82, 2.24) is 4.98 Å². The Balaban J connectivity index is 2.35. The summed E-state index contributed by atoms with van der Waals surface area (Å²) in [4.78, 5) is 29.0. The molecule has 0 fully saturated rings. The number of carbonyl (C=O) groups is 2. The molecule has 2 aromatic carbocycles. The number of anilines is 1. The van der Waals surface area contributed by atoms with Crippen LogP contribution in [0.4, 0.5) is 10.5 Å². The van der Waals surface area contributed by atoms with Crippen molar-refractivity contribution in [2.24, 2.45) is 11.7 Å². The molecule has 0 aliphatic carbocycles. The van der Waals surface area contributed by atoms with Crippen LogP contribution in [0.25, 0.3) is 22.0 Å². The Kier molecular flexibility index (Phi) is 6.20. The van der Waals surface area contributed by atoms with Gasteiger partial charge in [-0.2, -0.15) is 0 Å². The molecule has 0 aliphatic rings. The van der Waals surface area contributed by atoms with Crippen LogP contribution < -0.4 is 15.4 Å². The second-order valence-corrected chi connectivity index (χ2v) is 7.52. The quantitative estimate of drug-likeness (QED) is 0.614. The third-order valence-corrected chi connectivity index (χ3v) is 4.67. The van der Waals surface area contributed by atoms with E-state index in [1.54, 1.807) is 12.1 Å². The first-order chi connectivity index (χ1) is 14.3. The van der Waals surface area contributed by atoms with Crippen LogP contribution in [0.2, 0.25) is 0 Å². The van der Waals surface area contributed by atoms with E-state index in [0.29, 0.717) is 23.6 Å². The molecular weight excluding hydrogens is 382 g/mol. The number of rotatable bonds is 7. The molecule has 0 aliphatic heterocycles. The Morgan fingerprint density at radius 3 is 2.47 bits per heavy atom. The molecule has 0 spiro atoms. The van der Waals surface area contributed by atoms with Gasteiger partial charge in [0.25, 0.3) is 5.91 Å². The van der Waals surface area contributed by atoms with Crippen LogP contribution in [0.5, 0.6) is 5.75 Å². The molecule has 0 bridgehead atoms. The zero-order valence-electron chi connectivity index (χ0n) is 17.3. The molecule has 7 nitrogen and oxygen atoms in total. The average Bonchev–Trinajstić information content (AvgIpc) is 2.70. The number of nitrogens with zero attached hydrogens (tertiary/aromatic N) is 2. The number of amides is 2. The van der Waals surface area contributed by atoms with Gasteiger partial charge in [-0.1, -0.05) is 44.2 Å². The summed E-state index contributed by atoms with van der Waals surface area (Å²) in [6.07, 6.45) is -0.442. The molecule has 2 amide bonds. The Morgan fingerprint density at radius 2 is 1.87 bits per heavy atom. The van der Waals surface area contributed by atoms with Gasteiger partial charge in [-0.05, 0) is 36.1 Å². The van der Waals surface area contributed by atoms with Gasteiger partial charge in [0.1, 0.15) is 5.75 Å². The standard InChI is InChI=1S/C23H25N3O4/c1-14(2)11-19-22(26(3)23(28)29)21(15-7-5-4-6-8-15)17-12-16(30-13-20(24)27)9-10-18(17)25-19/h4-10,12,14H,11,13H2,1-3H3,(H2,24,27)(H,28,29). The molecule has 0 unspecified atom stereocenters. The highest BCUT2D eigenvalue weighted by Crippen LogP contribution is 2.40. The number of hydrogen-bond acceptors (Lipinski definition) is 4. The van der Waals surface area contributed by atoms with Crippen molar-refractivity contribution in [2.75, 3.05) is 18.6 Å². The lowest BCUT2D eigenvalue weighted by Gasteiger charge is -2.24. The van der Waals surface area contributed by atoms with E-state index in [4.69, 9.17) is 15.5 Å². The van der Waals surface area contributed by atoms with Crippen molar-refractivity contribution in [3.8, 4) is 16.9 Å². The van der Waals surface area contributed by atoms with Gasteiger partial charge >= 0.3 is 6.09 Å². The number of ether oxygens (including phenoxy) is 1. The zero-order chi connectivity index (χ0) is 21.8. The fraction of sp³-hybridized carbons (Fsp3) is 0.261. The van der Waals surface area contributed by atoms with Crippen LogP contribution in [0.15, 0.2) is 48.5 Å². The number of fused-ring (bicyclic) bond motifs is 1. The first kappa shape index (κ1) is 21.1. The fourth-order valence-corrected chi connectivity index (χ4v) is 3.41. The molecule has 7 heteroatoms. The predicted octanol–water partition coefficient (Wildman–Crippen LogP) is 4.08. The fourth-order valence-electron chi connectivity index (χ4n) is 3.41. The summed E-state index contributed by atoms with van der Waals surface area (Å²) < 4.78 is 5.48. The molecule has 3 aromatic rings. The van der Waals surface area contributed by atoms with Crippen molar-refractivity contribution < 1.29 is 19.4 Å². The van der Waals surface area contributed by atoms with E-state index in [1.165, 1.54) is 11.9 Å². The van der Waals surface area contributed by atoms with Crippen LogP contribution in [0, 0.1) is 5.92 Å². The highest BCUT2D eigenvalue weighted by Gasteiger charge is 2.23. The summed E-state index contributed by atoms with van der Waals surface area (Å²) in [5, 5.41) is 10.5. The van der Waals surface area contributed by atoms with E-state index in [-0.39, 0.29) is 12.5 Å². The molecule has 3 rings (SSSR count). The highest BCUT2D eigenvalue weighted by atomic mass is 16.5. The number of aromatic nitrogens is 1. The van der Waals surface area contributed by atoms with Crippen LogP contribution >= 0.6 is 0 Å². The molecule has 3 N–H and O–H groups in total. The van der Waals surface area contributed by atoms with Gasteiger partial charge in [0.05, 0.1) is 16.9 Å². The smallest absolute Gasteiger partial charge is 0.411 e. The van der Waals surface area contributed by atoms with E-state index in [0.717, 1.165) is 22.0 Å². The molecule has 30 heavy (non-hydrogen) atoms. The summed E-state index contributed by atoms with van der Waals surface area (Å²) in [5.41, 5.74) is 8.79. The van der Waals surface area contributed by atoms with Crippen molar-refractivity contribution in [3.63, 3.8) is 0 Å². The Labute approximate surface area is 175 Å². The molecule has 0 radical (unpaired) electrons. The number of nitrogens with two attached hydrogens (primary N) is 1. The van der Waals surface area contributed by atoms with E-state index in [1.807, 2.05) is 36.4 Å². The molecule has 1 aromatic heterocycles. The van der Waals surface area contributed by atoms with Crippen molar-refractivity contribution in [1.29, 1.82) is 0 Å². The second kappa shape index (κ2) is 8.82. The van der Waals surface area contributed by atoms with Crippen molar-refractivity contribution in [3.05, 3.63) is 54.2 Å². The lowest BCUT2D eigenvalue weighted by Crippen LogP contribution is -2.26. The first-order valence-electron chi connectivity index (χ1n) is 9.67. The highest BCUT2D eigenvalue weighted by molar-refractivity contribution is 6.06. The van der Waals surface area contributed by atoms with E-state index in [9.17, 15) is 14.7 Å². The maximum absolute atomic E-state index is 11.9. The zero-order valence-corrected chi connectivity index (χ0v) is 17.3. The number of benzene rings is 2. The maximum atomic E-state index is 11.9. The van der Waals surface area contributed by atoms with Gasteiger partial charge in [0.2, 0.25) is 0 Å².